The first-order chi connectivity index (χ1) is 11.9. The van der Waals surface area contributed by atoms with E-state index in [1.807, 2.05) is 0 Å². The number of hydrogen-bond acceptors (Lipinski definition) is 1. The maximum Gasteiger partial charge on any atom is 0.129 e. The van der Waals surface area contributed by atoms with Gasteiger partial charge in [0, 0.05) is 10.8 Å². The maximum absolute atomic E-state index is 14.9. The first-order valence-corrected chi connectivity index (χ1v) is 11.0. The van der Waals surface area contributed by atoms with Gasteiger partial charge in [0.25, 0.3) is 0 Å². The van der Waals surface area contributed by atoms with Gasteiger partial charge in [0.2, 0.25) is 0 Å². The van der Waals surface area contributed by atoms with Crippen molar-refractivity contribution in [1.82, 2.24) is 0 Å². The van der Waals surface area contributed by atoms with Crippen LogP contribution in [0.4, 0.5) is 8.78 Å². The number of rotatable bonds is 10. The van der Waals surface area contributed by atoms with Crippen molar-refractivity contribution in [2.75, 3.05) is 0 Å². The van der Waals surface area contributed by atoms with Crippen molar-refractivity contribution in [1.29, 1.82) is 0 Å². The number of halogens is 4. The molecular weight excluding hydrogens is 365 g/mol. The molecule has 25 heavy (non-hydrogen) atoms. The van der Waals surface area contributed by atoms with Crippen molar-refractivity contribution in [2.24, 2.45) is 0 Å². The van der Waals surface area contributed by atoms with Gasteiger partial charge in [-0.1, -0.05) is 26.7 Å². The van der Waals surface area contributed by atoms with Gasteiger partial charge in [-0.2, -0.15) is 0 Å². The Morgan fingerprint density at radius 3 is 1.56 bits per heavy atom. The fourth-order valence-corrected chi connectivity index (χ4v) is 5.72. The van der Waals surface area contributed by atoms with E-state index in [1.165, 1.54) is 0 Å². The van der Waals surface area contributed by atoms with E-state index >= 15 is 0 Å². The molecule has 6 atom stereocenters. The van der Waals surface area contributed by atoms with Gasteiger partial charge in [0.1, 0.15) is 23.5 Å². The van der Waals surface area contributed by atoms with Gasteiger partial charge in [0.15, 0.2) is 0 Å². The summed E-state index contributed by atoms with van der Waals surface area (Å²) >= 11 is 12.9. The predicted octanol–water partition coefficient (Wildman–Crippen LogP) is 7.12. The molecule has 2 aliphatic rings. The van der Waals surface area contributed by atoms with Crippen LogP contribution in [0.1, 0.15) is 90.9 Å². The summed E-state index contributed by atoms with van der Waals surface area (Å²) in [5, 5.41) is -0.249. The molecule has 2 fully saturated rings. The Bertz CT molecular complexity index is 375. The fraction of sp³-hybridized carbons (Fsp3) is 1.00. The van der Waals surface area contributed by atoms with Crippen LogP contribution >= 0.6 is 23.2 Å². The summed E-state index contributed by atoms with van der Waals surface area (Å²) in [6.07, 6.45) is 6.21. The third kappa shape index (κ3) is 5.23. The maximum atomic E-state index is 14.9. The SMILES string of the molecule is CCCC(Cl)CC1(OC2(CC(Cl)CCC)CCCC2F)CCCC1F. The molecule has 0 radical (unpaired) electrons. The summed E-state index contributed by atoms with van der Waals surface area (Å²) in [4.78, 5) is 0. The number of ether oxygens (including phenoxy) is 1. The van der Waals surface area contributed by atoms with E-state index in [1.54, 1.807) is 0 Å². The zero-order chi connectivity index (χ0) is 18.5. The topological polar surface area (TPSA) is 9.23 Å². The van der Waals surface area contributed by atoms with Crippen LogP contribution in [-0.4, -0.2) is 34.3 Å². The standard InChI is InChI=1S/C20H34Cl2F2O/c1-3-7-15(21)13-19(11-5-9-17(19)23)25-20(12-6-10-18(20)24)14-16(22)8-4-2/h15-18H,3-14H2,1-2H3. The Balaban J connectivity index is 2.20. The van der Waals surface area contributed by atoms with Crippen LogP contribution < -0.4 is 0 Å². The van der Waals surface area contributed by atoms with E-state index in [0.29, 0.717) is 38.5 Å². The highest BCUT2D eigenvalue weighted by molar-refractivity contribution is 6.20. The van der Waals surface area contributed by atoms with E-state index in [2.05, 4.69) is 13.8 Å². The third-order valence-corrected chi connectivity index (χ3v) is 6.75. The lowest BCUT2D eigenvalue weighted by Gasteiger charge is -2.44. The lowest BCUT2D eigenvalue weighted by Crippen LogP contribution is -2.52. The highest BCUT2D eigenvalue weighted by atomic mass is 35.5. The van der Waals surface area contributed by atoms with Crippen molar-refractivity contribution >= 4 is 23.2 Å². The molecule has 0 saturated heterocycles. The van der Waals surface area contributed by atoms with Crippen LogP contribution in [0.3, 0.4) is 0 Å². The second-order valence-electron chi connectivity index (χ2n) is 8.13. The highest BCUT2D eigenvalue weighted by Gasteiger charge is 2.55. The lowest BCUT2D eigenvalue weighted by atomic mass is 9.87. The monoisotopic (exact) mass is 398 g/mol. The molecule has 0 aromatic carbocycles. The van der Waals surface area contributed by atoms with Crippen LogP contribution in [0.25, 0.3) is 0 Å². The summed E-state index contributed by atoms with van der Waals surface area (Å²) in [5.74, 6) is 0. The van der Waals surface area contributed by atoms with E-state index in [4.69, 9.17) is 27.9 Å². The Morgan fingerprint density at radius 1 is 0.880 bits per heavy atom. The first-order valence-electron chi connectivity index (χ1n) is 10.1. The summed E-state index contributed by atoms with van der Waals surface area (Å²) in [7, 11) is 0. The smallest absolute Gasteiger partial charge is 0.129 e. The zero-order valence-corrected chi connectivity index (χ0v) is 17.2. The Morgan fingerprint density at radius 2 is 1.28 bits per heavy atom. The predicted molar refractivity (Wildman–Crippen MR) is 102 cm³/mol. The molecule has 2 rings (SSSR count). The average molecular weight is 399 g/mol. The Kier molecular flexibility index (Phi) is 8.29. The molecule has 148 valence electrons. The largest absolute Gasteiger partial charge is 0.362 e. The summed E-state index contributed by atoms with van der Waals surface area (Å²) in [5.41, 5.74) is -1.86. The fourth-order valence-electron chi connectivity index (χ4n) is 4.76. The van der Waals surface area contributed by atoms with Gasteiger partial charge in [-0.15, -0.1) is 23.2 Å². The molecule has 0 spiro atoms. The second kappa shape index (κ2) is 9.55. The highest BCUT2D eigenvalue weighted by Crippen LogP contribution is 2.50. The molecule has 5 heteroatoms. The molecule has 0 aromatic heterocycles. The summed E-state index contributed by atoms with van der Waals surface area (Å²) in [6, 6.07) is 0. The van der Waals surface area contributed by atoms with Gasteiger partial charge in [0.05, 0.1) is 0 Å². The molecule has 0 amide bonds. The van der Waals surface area contributed by atoms with Crippen molar-refractivity contribution in [2.45, 2.75) is 125 Å². The van der Waals surface area contributed by atoms with Gasteiger partial charge in [-0.05, 0) is 64.2 Å². The third-order valence-electron chi connectivity index (χ3n) is 6.00. The van der Waals surface area contributed by atoms with E-state index in [-0.39, 0.29) is 10.8 Å². The van der Waals surface area contributed by atoms with E-state index < -0.39 is 23.5 Å². The van der Waals surface area contributed by atoms with Crippen LogP contribution in [0.5, 0.6) is 0 Å². The van der Waals surface area contributed by atoms with Gasteiger partial charge >= 0.3 is 0 Å². The van der Waals surface area contributed by atoms with Crippen molar-refractivity contribution < 1.29 is 13.5 Å². The Labute approximate surface area is 162 Å². The molecule has 0 N–H and O–H groups in total. The quantitative estimate of drug-likeness (QED) is 0.355. The molecule has 6 unspecified atom stereocenters. The minimum atomic E-state index is -1.06. The van der Waals surface area contributed by atoms with Crippen LogP contribution in [0.2, 0.25) is 0 Å². The van der Waals surface area contributed by atoms with Gasteiger partial charge in [-0.3, -0.25) is 0 Å². The van der Waals surface area contributed by atoms with Crippen LogP contribution in [0.15, 0.2) is 0 Å². The summed E-state index contributed by atoms with van der Waals surface area (Å²) in [6.45, 7) is 4.15. The minimum absolute atomic E-state index is 0.125. The molecular formula is C20H34Cl2F2O. The molecule has 0 bridgehead atoms. The lowest BCUT2D eigenvalue weighted by molar-refractivity contribution is -0.201. The van der Waals surface area contributed by atoms with Crippen LogP contribution in [0, 0.1) is 0 Å². The van der Waals surface area contributed by atoms with Gasteiger partial charge < -0.3 is 4.74 Å². The number of alkyl halides is 4. The number of hydrogen-bond donors (Lipinski definition) is 0. The Hall–Kier alpha value is 0.400. The molecule has 2 aliphatic carbocycles. The van der Waals surface area contributed by atoms with Crippen molar-refractivity contribution in [3.63, 3.8) is 0 Å². The summed E-state index contributed by atoms with van der Waals surface area (Å²) < 4.78 is 36.4. The molecule has 1 nitrogen and oxygen atoms in total. The normalized spacial score (nSPS) is 38.2. The average Bonchev–Trinajstić information content (AvgIpc) is 3.04. The van der Waals surface area contributed by atoms with E-state index in [0.717, 1.165) is 38.5 Å². The van der Waals surface area contributed by atoms with Crippen LogP contribution in [-0.2, 0) is 4.74 Å². The molecule has 2 saturated carbocycles. The first kappa shape index (κ1) is 21.7. The zero-order valence-electron chi connectivity index (χ0n) is 15.7. The molecule has 0 aromatic rings. The van der Waals surface area contributed by atoms with Gasteiger partial charge in [-0.25, -0.2) is 8.78 Å². The van der Waals surface area contributed by atoms with Crippen molar-refractivity contribution in [3.8, 4) is 0 Å². The van der Waals surface area contributed by atoms with Crippen molar-refractivity contribution in [3.05, 3.63) is 0 Å². The molecule has 0 aliphatic heterocycles. The second-order valence-corrected chi connectivity index (χ2v) is 9.37. The molecule has 0 heterocycles. The van der Waals surface area contributed by atoms with E-state index in [9.17, 15) is 8.78 Å². The minimum Gasteiger partial charge on any atom is -0.362 e.